The molecule has 0 spiro atoms. The van der Waals surface area contributed by atoms with Gasteiger partial charge in [-0.25, -0.2) is 0 Å². The van der Waals surface area contributed by atoms with Crippen LogP contribution in [0.15, 0.2) is 47.6 Å². The maximum atomic E-state index is 12.6. The van der Waals surface area contributed by atoms with Crippen molar-refractivity contribution in [1.29, 1.82) is 0 Å². The molecule has 0 saturated heterocycles. The number of alkyl halides is 3. The van der Waals surface area contributed by atoms with Gasteiger partial charge in [-0.15, -0.1) is 0 Å². The maximum Gasteiger partial charge on any atom is 0.416 e. The van der Waals surface area contributed by atoms with Crippen LogP contribution in [0.2, 0.25) is 0 Å². The third kappa shape index (κ3) is 3.69. The third-order valence-electron chi connectivity index (χ3n) is 2.84. The SMILES string of the molecule is COc1cccc(/C=N/Nc2cccc(C(F)(F)F)c2)c1O. The first-order chi connectivity index (χ1) is 10.4. The second-order valence-electron chi connectivity index (χ2n) is 4.35. The minimum atomic E-state index is -4.41. The quantitative estimate of drug-likeness (QED) is 0.666. The minimum absolute atomic E-state index is 0.0976. The number of aromatic hydroxyl groups is 1. The van der Waals surface area contributed by atoms with Gasteiger partial charge in [-0.2, -0.15) is 18.3 Å². The lowest BCUT2D eigenvalue weighted by molar-refractivity contribution is -0.137. The number of nitrogens with zero attached hydrogens (tertiary/aromatic N) is 1. The molecule has 0 bridgehead atoms. The first kappa shape index (κ1) is 15.7. The molecule has 0 aliphatic heterocycles. The fourth-order valence-electron chi connectivity index (χ4n) is 1.75. The maximum absolute atomic E-state index is 12.6. The molecule has 2 rings (SSSR count). The fraction of sp³-hybridized carbons (Fsp3) is 0.133. The fourth-order valence-corrected chi connectivity index (χ4v) is 1.75. The van der Waals surface area contributed by atoms with E-state index >= 15 is 0 Å². The van der Waals surface area contributed by atoms with Gasteiger partial charge in [-0.05, 0) is 30.3 Å². The number of benzene rings is 2. The van der Waals surface area contributed by atoms with Crippen LogP contribution >= 0.6 is 0 Å². The number of hydrazone groups is 1. The zero-order valence-corrected chi connectivity index (χ0v) is 11.6. The standard InChI is InChI=1S/C15H13F3N2O2/c1-22-13-7-2-4-10(14(13)21)9-19-20-12-6-3-5-11(8-12)15(16,17)18/h2-9,20-21H,1H3/b19-9+. The number of anilines is 1. The highest BCUT2D eigenvalue weighted by Gasteiger charge is 2.30. The van der Waals surface area contributed by atoms with E-state index in [1.807, 2.05) is 0 Å². The zero-order chi connectivity index (χ0) is 16.2. The van der Waals surface area contributed by atoms with Gasteiger partial charge in [0.25, 0.3) is 0 Å². The molecule has 2 aromatic rings. The van der Waals surface area contributed by atoms with E-state index in [9.17, 15) is 18.3 Å². The molecule has 0 unspecified atom stereocenters. The van der Waals surface area contributed by atoms with Gasteiger partial charge in [0.05, 0.1) is 24.6 Å². The average Bonchev–Trinajstić information content (AvgIpc) is 2.48. The van der Waals surface area contributed by atoms with Gasteiger partial charge in [-0.1, -0.05) is 12.1 Å². The van der Waals surface area contributed by atoms with Crippen molar-refractivity contribution in [2.45, 2.75) is 6.18 Å². The van der Waals surface area contributed by atoms with Gasteiger partial charge < -0.3 is 9.84 Å². The lowest BCUT2D eigenvalue weighted by atomic mass is 10.2. The van der Waals surface area contributed by atoms with E-state index in [0.29, 0.717) is 5.56 Å². The van der Waals surface area contributed by atoms with Crippen LogP contribution in [0.1, 0.15) is 11.1 Å². The Morgan fingerprint density at radius 1 is 1.18 bits per heavy atom. The van der Waals surface area contributed by atoms with Crippen LogP contribution in [0.3, 0.4) is 0 Å². The van der Waals surface area contributed by atoms with Crippen LogP contribution in [0.5, 0.6) is 11.5 Å². The summed E-state index contributed by atoms with van der Waals surface area (Å²) in [5.74, 6) is 0.183. The van der Waals surface area contributed by atoms with Crippen molar-refractivity contribution in [3.8, 4) is 11.5 Å². The molecule has 0 fully saturated rings. The molecule has 2 aromatic carbocycles. The van der Waals surface area contributed by atoms with E-state index in [2.05, 4.69) is 10.5 Å². The Morgan fingerprint density at radius 3 is 2.59 bits per heavy atom. The number of hydrogen-bond donors (Lipinski definition) is 2. The zero-order valence-electron chi connectivity index (χ0n) is 11.6. The molecule has 0 saturated carbocycles. The number of hydrogen-bond acceptors (Lipinski definition) is 4. The number of rotatable bonds is 4. The number of phenolic OH excluding ortho intramolecular Hbond substituents is 1. The van der Waals surface area contributed by atoms with Crippen LogP contribution in [0, 0.1) is 0 Å². The van der Waals surface area contributed by atoms with Crippen molar-refractivity contribution >= 4 is 11.9 Å². The van der Waals surface area contributed by atoms with Crippen LogP contribution < -0.4 is 10.2 Å². The van der Waals surface area contributed by atoms with E-state index < -0.39 is 11.7 Å². The summed E-state index contributed by atoms with van der Waals surface area (Å²) in [6.45, 7) is 0. The number of para-hydroxylation sites is 1. The molecule has 116 valence electrons. The minimum Gasteiger partial charge on any atom is -0.504 e. The second kappa shape index (κ2) is 6.38. The van der Waals surface area contributed by atoms with Crippen molar-refractivity contribution in [1.82, 2.24) is 0 Å². The Morgan fingerprint density at radius 2 is 1.91 bits per heavy atom. The molecule has 0 aromatic heterocycles. The Kier molecular flexibility index (Phi) is 4.55. The van der Waals surface area contributed by atoms with Gasteiger partial charge >= 0.3 is 6.18 Å². The smallest absolute Gasteiger partial charge is 0.416 e. The Bertz CT molecular complexity index is 685. The molecule has 0 aliphatic carbocycles. The van der Waals surface area contributed by atoms with E-state index in [0.717, 1.165) is 12.1 Å². The van der Waals surface area contributed by atoms with Gasteiger partial charge in [-0.3, -0.25) is 5.43 Å². The molecule has 2 N–H and O–H groups in total. The summed E-state index contributed by atoms with van der Waals surface area (Å²) in [7, 11) is 1.41. The van der Waals surface area contributed by atoms with Gasteiger partial charge in [0.15, 0.2) is 11.5 Å². The predicted octanol–water partition coefficient (Wildman–Crippen LogP) is 3.87. The number of nitrogens with one attached hydrogen (secondary N) is 1. The summed E-state index contributed by atoms with van der Waals surface area (Å²) in [6.07, 6.45) is -3.12. The molecule has 0 radical (unpaired) electrons. The summed E-state index contributed by atoms with van der Waals surface area (Å²) in [5.41, 5.74) is 2.28. The first-order valence-electron chi connectivity index (χ1n) is 6.24. The largest absolute Gasteiger partial charge is 0.504 e. The van der Waals surface area contributed by atoms with Crippen LogP contribution in [-0.4, -0.2) is 18.4 Å². The highest BCUT2D eigenvalue weighted by atomic mass is 19.4. The van der Waals surface area contributed by atoms with Crippen LogP contribution in [-0.2, 0) is 6.18 Å². The molecule has 4 nitrogen and oxygen atoms in total. The molecular weight excluding hydrogens is 297 g/mol. The molecule has 0 amide bonds. The Balaban J connectivity index is 2.13. The number of halogens is 3. The van der Waals surface area contributed by atoms with Crippen molar-refractivity contribution < 1.29 is 23.0 Å². The lowest BCUT2D eigenvalue weighted by Crippen LogP contribution is -2.05. The van der Waals surface area contributed by atoms with E-state index in [-0.39, 0.29) is 17.2 Å². The summed E-state index contributed by atoms with van der Waals surface area (Å²) >= 11 is 0. The highest BCUT2D eigenvalue weighted by Crippen LogP contribution is 2.31. The molecule has 0 aliphatic rings. The average molecular weight is 310 g/mol. The highest BCUT2D eigenvalue weighted by molar-refractivity contribution is 5.85. The topological polar surface area (TPSA) is 53.8 Å². The lowest BCUT2D eigenvalue weighted by Gasteiger charge is -2.08. The van der Waals surface area contributed by atoms with Crippen molar-refractivity contribution in [3.05, 3.63) is 53.6 Å². The third-order valence-corrected chi connectivity index (χ3v) is 2.84. The summed E-state index contributed by atoms with van der Waals surface area (Å²) in [4.78, 5) is 0. The second-order valence-corrected chi connectivity index (χ2v) is 4.35. The van der Waals surface area contributed by atoms with Crippen molar-refractivity contribution in [3.63, 3.8) is 0 Å². The van der Waals surface area contributed by atoms with Crippen molar-refractivity contribution in [2.75, 3.05) is 12.5 Å². The monoisotopic (exact) mass is 310 g/mol. The van der Waals surface area contributed by atoms with Gasteiger partial charge in [0.2, 0.25) is 0 Å². The molecule has 0 atom stereocenters. The Labute approximate surface area is 124 Å². The van der Waals surface area contributed by atoms with Crippen molar-refractivity contribution in [2.24, 2.45) is 5.10 Å². The molecular formula is C15H13F3N2O2. The van der Waals surface area contributed by atoms with E-state index in [1.54, 1.807) is 18.2 Å². The number of phenols is 1. The number of methoxy groups -OCH3 is 1. The van der Waals surface area contributed by atoms with Crippen LogP contribution in [0.4, 0.5) is 18.9 Å². The summed E-state index contributed by atoms with van der Waals surface area (Å²) in [5, 5.41) is 13.7. The Hall–Kier alpha value is -2.70. The predicted molar refractivity (Wildman–Crippen MR) is 77.3 cm³/mol. The molecule has 22 heavy (non-hydrogen) atoms. The first-order valence-corrected chi connectivity index (χ1v) is 6.24. The van der Waals surface area contributed by atoms with Gasteiger partial charge in [0.1, 0.15) is 0 Å². The normalized spacial score (nSPS) is 11.6. The summed E-state index contributed by atoms with van der Waals surface area (Å²) in [6, 6.07) is 9.49. The molecule has 7 heteroatoms. The van der Waals surface area contributed by atoms with E-state index in [4.69, 9.17) is 4.74 Å². The summed E-state index contributed by atoms with van der Waals surface area (Å²) < 4.78 is 42.7. The van der Waals surface area contributed by atoms with Crippen LogP contribution in [0.25, 0.3) is 0 Å². The van der Waals surface area contributed by atoms with Gasteiger partial charge in [0, 0.05) is 5.56 Å². The number of ether oxygens (including phenoxy) is 1. The van der Waals surface area contributed by atoms with E-state index in [1.165, 1.54) is 25.5 Å². The molecule has 0 heterocycles.